The van der Waals surface area contributed by atoms with Crippen LogP contribution in [0.25, 0.3) is 0 Å². The number of pyridine rings is 1. The number of hydrogen-bond donors (Lipinski definition) is 1. The van der Waals surface area contributed by atoms with Crippen LogP contribution >= 0.6 is 23.2 Å². The lowest BCUT2D eigenvalue weighted by atomic mass is 10.3. The molecule has 0 aliphatic heterocycles. The van der Waals surface area contributed by atoms with Crippen molar-refractivity contribution in [3.63, 3.8) is 0 Å². The molecule has 0 unspecified atom stereocenters. The zero-order valence-corrected chi connectivity index (χ0v) is 11.6. The maximum atomic E-state index is 11.9. The molecule has 1 N–H and O–H groups in total. The van der Waals surface area contributed by atoms with Crippen molar-refractivity contribution in [2.75, 3.05) is 6.54 Å². The average molecular weight is 300 g/mol. The topological polar surface area (TPSA) is 72.7 Å². The number of rotatable bonds is 4. The first kappa shape index (κ1) is 13.8. The van der Waals surface area contributed by atoms with Crippen molar-refractivity contribution in [2.45, 2.75) is 6.42 Å². The number of nitrogens with one attached hydrogen (secondary N) is 1. The standard InChI is InChI=1S/C11H11Cl2N5O/c1-18-6-15-9(17-18)4-5-14-11(19)10-7(12)2-3-8(13)16-10/h2-3,6H,4-5H2,1H3,(H,14,19). The molecule has 0 saturated heterocycles. The average Bonchev–Trinajstić information content (AvgIpc) is 2.78. The number of halogens is 2. The Morgan fingerprint density at radius 1 is 1.42 bits per heavy atom. The highest BCUT2D eigenvalue weighted by Crippen LogP contribution is 2.16. The fourth-order valence-electron chi connectivity index (χ4n) is 1.45. The van der Waals surface area contributed by atoms with Crippen molar-refractivity contribution in [2.24, 2.45) is 7.05 Å². The van der Waals surface area contributed by atoms with Gasteiger partial charge in [0.05, 0.1) is 5.02 Å². The Morgan fingerprint density at radius 2 is 2.21 bits per heavy atom. The lowest BCUT2D eigenvalue weighted by Gasteiger charge is -2.05. The fraction of sp³-hybridized carbons (Fsp3) is 0.273. The van der Waals surface area contributed by atoms with E-state index in [-0.39, 0.29) is 21.8 Å². The summed E-state index contributed by atoms with van der Waals surface area (Å²) in [4.78, 5) is 19.8. The molecule has 100 valence electrons. The lowest BCUT2D eigenvalue weighted by molar-refractivity contribution is 0.0949. The number of nitrogens with zero attached hydrogens (tertiary/aromatic N) is 4. The van der Waals surface area contributed by atoms with Gasteiger partial charge >= 0.3 is 0 Å². The zero-order valence-electron chi connectivity index (χ0n) is 10.1. The Hall–Kier alpha value is -1.66. The van der Waals surface area contributed by atoms with Crippen LogP contribution in [0.1, 0.15) is 16.3 Å². The van der Waals surface area contributed by atoms with Gasteiger partial charge in [0, 0.05) is 20.0 Å². The molecule has 0 fully saturated rings. The molecule has 2 heterocycles. The number of carbonyl (C=O) groups excluding carboxylic acids is 1. The molecule has 8 heteroatoms. The summed E-state index contributed by atoms with van der Waals surface area (Å²) in [6.07, 6.45) is 2.14. The Bertz CT molecular complexity index is 599. The molecule has 0 aliphatic carbocycles. The second-order valence-corrected chi connectivity index (χ2v) is 4.60. The smallest absolute Gasteiger partial charge is 0.271 e. The van der Waals surface area contributed by atoms with Crippen molar-refractivity contribution in [1.29, 1.82) is 0 Å². The SMILES string of the molecule is Cn1cnc(CCNC(=O)c2nc(Cl)ccc2Cl)n1. The molecule has 2 aromatic heterocycles. The van der Waals surface area contributed by atoms with Crippen LogP contribution in [-0.2, 0) is 13.5 Å². The fourth-order valence-corrected chi connectivity index (χ4v) is 1.79. The number of hydrogen-bond acceptors (Lipinski definition) is 4. The van der Waals surface area contributed by atoms with E-state index in [1.165, 1.54) is 12.1 Å². The maximum Gasteiger partial charge on any atom is 0.271 e. The molecular formula is C11H11Cl2N5O. The van der Waals surface area contributed by atoms with Crippen LogP contribution in [0.3, 0.4) is 0 Å². The second kappa shape index (κ2) is 5.99. The summed E-state index contributed by atoms with van der Waals surface area (Å²) in [7, 11) is 1.78. The van der Waals surface area contributed by atoms with E-state index in [1.807, 2.05) is 0 Å². The van der Waals surface area contributed by atoms with E-state index in [2.05, 4.69) is 20.4 Å². The number of aryl methyl sites for hydroxylation is 1. The monoisotopic (exact) mass is 299 g/mol. The minimum Gasteiger partial charge on any atom is -0.350 e. The van der Waals surface area contributed by atoms with Crippen LogP contribution in [0.2, 0.25) is 10.2 Å². The molecular weight excluding hydrogens is 289 g/mol. The molecule has 0 bridgehead atoms. The molecule has 0 spiro atoms. The van der Waals surface area contributed by atoms with E-state index in [9.17, 15) is 4.79 Å². The van der Waals surface area contributed by atoms with E-state index in [1.54, 1.807) is 18.1 Å². The molecule has 6 nitrogen and oxygen atoms in total. The van der Waals surface area contributed by atoms with E-state index in [0.717, 1.165) is 0 Å². The lowest BCUT2D eigenvalue weighted by Crippen LogP contribution is -2.27. The normalized spacial score (nSPS) is 10.5. The van der Waals surface area contributed by atoms with E-state index < -0.39 is 0 Å². The van der Waals surface area contributed by atoms with E-state index in [0.29, 0.717) is 18.8 Å². The Labute approximate surface area is 119 Å². The Balaban J connectivity index is 1.92. The molecule has 0 saturated carbocycles. The minimum absolute atomic E-state index is 0.114. The molecule has 2 rings (SSSR count). The van der Waals surface area contributed by atoms with Crippen LogP contribution in [-0.4, -0.2) is 32.2 Å². The van der Waals surface area contributed by atoms with Crippen LogP contribution in [0, 0.1) is 0 Å². The molecule has 0 aliphatic rings. The first-order valence-corrected chi connectivity index (χ1v) is 6.26. The molecule has 0 atom stereocenters. The number of amides is 1. The predicted octanol–water partition coefficient (Wildman–Crippen LogP) is 1.49. The first-order chi connectivity index (χ1) is 9.06. The minimum atomic E-state index is -0.372. The summed E-state index contributed by atoms with van der Waals surface area (Å²) in [6, 6.07) is 3.06. The van der Waals surface area contributed by atoms with Crippen molar-refractivity contribution < 1.29 is 4.79 Å². The first-order valence-electron chi connectivity index (χ1n) is 5.51. The highest BCUT2D eigenvalue weighted by atomic mass is 35.5. The quantitative estimate of drug-likeness (QED) is 0.868. The van der Waals surface area contributed by atoms with Gasteiger partial charge in [-0.2, -0.15) is 5.10 Å². The highest BCUT2D eigenvalue weighted by Gasteiger charge is 2.12. The summed E-state index contributed by atoms with van der Waals surface area (Å²) in [5.74, 6) is 0.288. The zero-order chi connectivity index (χ0) is 13.8. The van der Waals surface area contributed by atoms with Crippen LogP contribution in [0.15, 0.2) is 18.5 Å². The van der Waals surface area contributed by atoms with E-state index >= 15 is 0 Å². The predicted molar refractivity (Wildman–Crippen MR) is 71.3 cm³/mol. The largest absolute Gasteiger partial charge is 0.350 e. The number of aromatic nitrogens is 4. The summed E-state index contributed by atoms with van der Waals surface area (Å²) >= 11 is 11.6. The van der Waals surface area contributed by atoms with Gasteiger partial charge in [0.2, 0.25) is 0 Å². The molecule has 19 heavy (non-hydrogen) atoms. The summed E-state index contributed by atoms with van der Waals surface area (Å²) in [6.45, 7) is 0.396. The molecule has 0 radical (unpaired) electrons. The van der Waals surface area contributed by atoms with Gasteiger partial charge in [0.15, 0.2) is 5.82 Å². The van der Waals surface area contributed by atoms with Crippen molar-refractivity contribution in [3.8, 4) is 0 Å². The second-order valence-electron chi connectivity index (χ2n) is 3.80. The molecule has 1 amide bonds. The number of carbonyl (C=O) groups is 1. The van der Waals surface area contributed by atoms with Crippen LogP contribution < -0.4 is 5.32 Å². The molecule has 2 aromatic rings. The third-order valence-electron chi connectivity index (χ3n) is 2.31. The summed E-state index contributed by atoms with van der Waals surface area (Å²) < 4.78 is 1.60. The van der Waals surface area contributed by atoms with Crippen LogP contribution in [0.4, 0.5) is 0 Å². The summed E-state index contributed by atoms with van der Waals surface area (Å²) in [5.41, 5.74) is 0.114. The van der Waals surface area contributed by atoms with Gasteiger partial charge in [-0.3, -0.25) is 9.48 Å². The van der Waals surface area contributed by atoms with Gasteiger partial charge in [-0.05, 0) is 12.1 Å². The van der Waals surface area contributed by atoms with Gasteiger partial charge in [0.25, 0.3) is 5.91 Å². The van der Waals surface area contributed by atoms with Gasteiger partial charge in [-0.1, -0.05) is 23.2 Å². The van der Waals surface area contributed by atoms with E-state index in [4.69, 9.17) is 23.2 Å². The van der Waals surface area contributed by atoms with Crippen LogP contribution in [0.5, 0.6) is 0 Å². The van der Waals surface area contributed by atoms with Crippen molar-refractivity contribution in [1.82, 2.24) is 25.1 Å². The third kappa shape index (κ3) is 3.65. The third-order valence-corrected chi connectivity index (χ3v) is 2.82. The van der Waals surface area contributed by atoms with Gasteiger partial charge in [-0.15, -0.1) is 0 Å². The maximum absolute atomic E-state index is 11.9. The van der Waals surface area contributed by atoms with Crippen molar-refractivity contribution in [3.05, 3.63) is 40.2 Å². The Kier molecular flexibility index (Phi) is 4.34. The van der Waals surface area contributed by atoms with Gasteiger partial charge in [-0.25, -0.2) is 9.97 Å². The van der Waals surface area contributed by atoms with Crippen molar-refractivity contribution >= 4 is 29.1 Å². The van der Waals surface area contributed by atoms with Gasteiger partial charge in [0.1, 0.15) is 17.2 Å². The molecule has 0 aromatic carbocycles. The summed E-state index contributed by atoms with van der Waals surface area (Å²) in [5, 5.41) is 7.28. The highest BCUT2D eigenvalue weighted by molar-refractivity contribution is 6.34. The Morgan fingerprint density at radius 3 is 2.89 bits per heavy atom. The van der Waals surface area contributed by atoms with Gasteiger partial charge < -0.3 is 5.32 Å².